The monoisotopic (exact) mass is 348 g/mol. The predicted octanol–water partition coefficient (Wildman–Crippen LogP) is 1.04. The van der Waals surface area contributed by atoms with Gasteiger partial charge in [0.05, 0.1) is 6.54 Å². The fourth-order valence-electron chi connectivity index (χ4n) is 2.18. The summed E-state index contributed by atoms with van der Waals surface area (Å²) < 4.78 is 6.74. The van der Waals surface area contributed by atoms with Gasteiger partial charge in [-0.1, -0.05) is 17.3 Å². The molecule has 4 heterocycles. The first-order valence-electron chi connectivity index (χ1n) is 7.64. The van der Waals surface area contributed by atoms with Crippen LogP contribution in [0.3, 0.4) is 0 Å². The van der Waals surface area contributed by atoms with Crippen LogP contribution in [0.1, 0.15) is 16.4 Å². The summed E-state index contributed by atoms with van der Waals surface area (Å²) in [6.45, 7) is 0.0806. The Kier molecular flexibility index (Phi) is 4.13. The lowest BCUT2D eigenvalue weighted by molar-refractivity contribution is 0.0941. The molecule has 0 saturated carbocycles. The minimum atomic E-state index is -0.363. The summed E-state index contributed by atoms with van der Waals surface area (Å²) in [6, 6.07) is 10.5. The Bertz CT molecular complexity index is 1010. The average molecular weight is 348 g/mol. The molecule has 4 aromatic heterocycles. The molecule has 0 fully saturated rings. The van der Waals surface area contributed by atoms with E-state index >= 15 is 0 Å². The molecule has 0 atom stereocenters. The van der Waals surface area contributed by atoms with Crippen molar-refractivity contribution in [3.8, 4) is 17.3 Å². The van der Waals surface area contributed by atoms with Crippen LogP contribution in [0.5, 0.6) is 0 Å². The molecule has 1 N–H and O–H groups in total. The molecule has 0 aliphatic heterocycles. The quantitative estimate of drug-likeness (QED) is 0.567. The molecule has 10 heteroatoms. The molecular weight excluding hydrogens is 336 g/mol. The fraction of sp³-hybridized carbons (Fsp3) is 0.0625. The van der Waals surface area contributed by atoms with E-state index in [1.165, 1.54) is 12.7 Å². The van der Waals surface area contributed by atoms with Crippen LogP contribution < -0.4 is 5.32 Å². The maximum atomic E-state index is 12.3. The van der Waals surface area contributed by atoms with Crippen molar-refractivity contribution in [2.75, 3.05) is 0 Å². The maximum absolute atomic E-state index is 12.3. The second-order valence-electron chi connectivity index (χ2n) is 5.16. The Labute approximate surface area is 146 Å². The highest BCUT2D eigenvalue weighted by Crippen LogP contribution is 2.11. The minimum absolute atomic E-state index is 0.0806. The summed E-state index contributed by atoms with van der Waals surface area (Å²) in [5.74, 6) is 0.812. The third kappa shape index (κ3) is 3.29. The van der Waals surface area contributed by atoms with E-state index in [1.807, 2.05) is 6.07 Å². The summed E-state index contributed by atoms with van der Waals surface area (Å²) in [6.07, 6.45) is 4.64. The molecule has 0 aromatic carbocycles. The Balaban J connectivity index is 1.43. The number of nitrogens with zero attached hydrogens (tertiary/aromatic N) is 7. The Hall–Kier alpha value is -3.95. The van der Waals surface area contributed by atoms with Gasteiger partial charge in [-0.05, 0) is 24.3 Å². The van der Waals surface area contributed by atoms with Crippen LogP contribution in [-0.2, 0) is 6.54 Å². The molecule has 0 saturated heterocycles. The smallest absolute Gasteiger partial charge is 0.270 e. The lowest BCUT2D eigenvalue weighted by atomic mass is 10.3. The van der Waals surface area contributed by atoms with Gasteiger partial charge in [-0.2, -0.15) is 4.98 Å². The molecule has 1 amide bonds. The zero-order valence-corrected chi connectivity index (χ0v) is 13.4. The van der Waals surface area contributed by atoms with Crippen LogP contribution in [0.2, 0.25) is 0 Å². The first kappa shape index (κ1) is 15.6. The van der Waals surface area contributed by atoms with E-state index in [2.05, 4.69) is 35.6 Å². The molecule has 4 aromatic rings. The van der Waals surface area contributed by atoms with Crippen molar-refractivity contribution in [1.29, 1.82) is 0 Å². The van der Waals surface area contributed by atoms with Gasteiger partial charge in [0.1, 0.15) is 29.9 Å². The molecule has 128 valence electrons. The highest BCUT2D eigenvalue weighted by atomic mass is 16.5. The van der Waals surface area contributed by atoms with Crippen molar-refractivity contribution in [2.45, 2.75) is 6.54 Å². The molecule has 0 bridgehead atoms. The lowest BCUT2D eigenvalue weighted by Gasteiger charge is -2.04. The van der Waals surface area contributed by atoms with Gasteiger partial charge in [-0.3, -0.25) is 14.3 Å². The topological polar surface area (TPSA) is 125 Å². The summed E-state index contributed by atoms with van der Waals surface area (Å²) in [5, 5.41) is 14.0. The van der Waals surface area contributed by atoms with Crippen molar-refractivity contribution in [1.82, 2.24) is 40.2 Å². The molecule has 10 nitrogen and oxygen atoms in total. The number of aromatic nitrogens is 7. The highest BCUT2D eigenvalue weighted by Gasteiger charge is 2.13. The first-order valence-corrected chi connectivity index (χ1v) is 7.64. The van der Waals surface area contributed by atoms with E-state index in [9.17, 15) is 4.79 Å². The highest BCUT2D eigenvalue weighted by molar-refractivity contribution is 5.92. The molecule has 0 unspecified atom stereocenters. The number of carbonyl (C=O) groups is 1. The van der Waals surface area contributed by atoms with Crippen molar-refractivity contribution < 1.29 is 9.32 Å². The van der Waals surface area contributed by atoms with Crippen molar-refractivity contribution in [3.05, 3.63) is 66.8 Å². The van der Waals surface area contributed by atoms with E-state index in [4.69, 9.17) is 4.52 Å². The van der Waals surface area contributed by atoms with Crippen LogP contribution in [0.25, 0.3) is 17.3 Å². The summed E-state index contributed by atoms with van der Waals surface area (Å²) >= 11 is 0. The number of hydrogen-bond donors (Lipinski definition) is 1. The van der Waals surface area contributed by atoms with Crippen molar-refractivity contribution in [2.24, 2.45) is 0 Å². The van der Waals surface area contributed by atoms with Crippen LogP contribution in [-0.4, -0.2) is 40.8 Å². The van der Waals surface area contributed by atoms with Gasteiger partial charge in [0.2, 0.25) is 11.7 Å². The predicted molar refractivity (Wildman–Crippen MR) is 87.9 cm³/mol. The van der Waals surface area contributed by atoms with Crippen LogP contribution in [0.15, 0.2) is 59.8 Å². The summed E-state index contributed by atoms with van der Waals surface area (Å²) in [5.41, 5.74) is 0.845. The van der Waals surface area contributed by atoms with Gasteiger partial charge >= 0.3 is 0 Å². The Morgan fingerprint density at radius 1 is 1.08 bits per heavy atom. The fourth-order valence-corrected chi connectivity index (χ4v) is 2.18. The minimum Gasteiger partial charge on any atom is -0.342 e. The number of hydrogen-bond acceptors (Lipinski definition) is 8. The van der Waals surface area contributed by atoms with Crippen LogP contribution in [0, 0.1) is 0 Å². The number of rotatable bonds is 5. The van der Waals surface area contributed by atoms with Crippen molar-refractivity contribution >= 4 is 5.91 Å². The van der Waals surface area contributed by atoms with E-state index < -0.39 is 0 Å². The van der Waals surface area contributed by atoms with E-state index in [0.717, 1.165) is 0 Å². The Morgan fingerprint density at radius 3 is 2.77 bits per heavy atom. The summed E-state index contributed by atoms with van der Waals surface area (Å²) in [7, 11) is 0. The van der Waals surface area contributed by atoms with Crippen LogP contribution in [0.4, 0.5) is 0 Å². The lowest BCUT2D eigenvalue weighted by Crippen LogP contribution is -2.24. The van der Waals surface area contributed by atoms with Gasteiger partial charge in [0.25, 0.3) is 5.91 Å². The maximum Gasteiger partial charge on any atom is 0.270 e. The normalized spacial score (nSPS) is 10.6. The van der Waals surface area contributed by atoms with Gasteiger partial charge in [-0.15, -0.1) is 10.2 Å². The molecular formula is C16H12N8O2. The van der Waals surface area contributed by atoms with Crippen molar-refractivity contribution in [3.63, 3.8) is 0 Å². The number of carbonyl (C=O) groups excluding carboxylic acids is 1. The van der Waals surface area contributed by atoms with Gasteiger partial charge in [0.15, 0.2) is 0 Å². The first-order chi connectivity index (χ1) is 12.8. The van der Waals surface area contributed by atoms with E-state index in [0.29, 0.717) is 17.3 Å². The zero-order valence-electron chi connectivity index (χ0n) is 13.4. The molecule has 0 aliphatic rings. The molecule has 26 heavy (non-hydrogen) atoms. The van der Waals surface area contributed by atoms with Gasteiger partial charge in [0, 0.05) is 6.20 Å². The van der Waals surface area contributed by atoms with Gasteiger partial charge in [-0.25, -0.2) is 4.98 Å². The number of amides is 1. The number of pyridine rings is 2. The third-order valence-electron chi connectivity index (χ3n) is 3.41. The second-order valence-corrected chi connectivity index (χ2v) is 5.16. The Morgan fingerprint density at radius 2 is 1.96 bits per heavy atom. The second kappa shape index (κ2) is 6.89. The summed E-state index contributed by atoms with van der Waals surface area (Å²) in [4.78, 5) is 24.9. The van der Waals surface area contributed by atoms with Crippen LogP contribution >= 0.6 is 0 Å². The zero-order chi connectivity index (χ0) is 17.8. The average Bonchev–Trinajstić information content (AvgIpc) is 3.39. The SMILES string of the molecule is O=C(NCc1nc(-c2ccccn2)no1)c1cccc(-n2cnnc2)n1. The van der Waals surface area contributed by atoms with Gasteiger partial charge < -0.3 is 9.84 Å². The standard InChI is InChI=1S/C16H12N8O2/c25-16(12-5-3-6-13(21-12)24-9-19-20-10-24)18-8-14-22-15(23-26-14)11-4-1-2-7-17-11/h1-7,9-10H,8H2,(H,18,25). The van der Waals surface area contributed by atoms with E-state index in [-0.39, 0.29) is 24.0 Å². The number of nitrogens with one attached hydrogen (secondary N) is 1. The molecule has 0 spiro atoms. The molecule has 4 rings (SSSR count). The third-order valence-corrected chi connectivity index (χ3v) is 3.41. The molecule has 0 radical (unpaired) electrons. The molecule has 0 aliphatic carbocycles. The largest absolute Gasteiger partial charge is 0.342 e. The van der Waals surface area contributed by atoms with E-state index in [1.54, 1.807) is 41.1 Å².